The van der Waals surface area contributed by atoms with Gasteiger partial charge in [-0.05, 0) is 5.75 Å². The predicted octanol–water partition coefficient (Wildman–Crippen LogP) is 1.14. The maximum Gasteiger partial charge on any atom is 0.312 e. The number of urea groups is 1. The molecule has 12 heavy (non-hydrogen) atoms. The predicted molar refractivity (Wildman–Crippen MR) is 57.9 cm³/mol. The van der Waals surface area contributed by atoms with E-state index in [1.807, 2.05) is 23.5 Å². The Kier molecular flexibility index (Phi) is 9.04. The minimum absolute atomic E-state index is 0.432. The number of amides is 2. The highest BCUT2D eigenvalue weighted by Crippen LogP contribution is 2.05. The number of primary amides is 1. The van der Waals surface area contributed by atoms with Crippen LogP contribution in [0.4, 0.5) is 4.79 Å². The van der Waals surface area contributed by atoms with Gasteiger partial charge in [-0.2, -0.15) is 23.5 Å². The van der Waals surface area contributed by atoms with E-state index in [1.165, 1.54) is 11.5 Å². The Bertz CT molecular complexity index is 122. The van der Waals surface area contributed by atoms with Crippen LogP contribution in [0, 0.1) is 0 Å². The lowest BCUT2D eigenvalue weighted by atomic mass is 10.7. The third-order valence-electron chi connectivity index (χ3n) is 1.12. The minimum atomic E-state index is -0.432. The summed E-state index contributed by atoms with van der Waals surface area (Å²) >= 11 is 3.78. The summed E-state index contributed by atoms with van der Waals surface area (Å²) in [6, 6.07) is -0.432. The molecular weight excluding hydrogens is 192 g/mol. The number of nitrogens with one attached hydrogen (secondary N) is 1. The Morgan fingerprint density at radius 3 is 2.58 bits per heavy atom. The first kappa shape index (κ1) is 12.0. The molecular formula is C7H16N2OS2. The molecule has 0 aromatic carbocycles. The Morgan fingerprint density at radius 2 is 2.00 bits per heavy atom. The number of nitrogens with two attached hydrogens (primary N) is 1. The summed E-state index contributed by atoms with van der Waals surface area (Å²) in [5, 5.41) is 2.55. The highest BCUT2D eigenvalue weighted by molar-refractivity contribution is 8.02. The molecule has 0 aliphatic heterocycles. The monoisotopic (exact) mass is 208 g/mol. The van der Waals surface area contributed by atoms with Gasteiger partial charge in [-0.1, -0.05) is 6.92 Å². The summed E-state index contributed by atoms with van der Waals surface area (Å²) in [5.74, 6) is 4.48. The molecule has 0 heterocycles. The summed E-state index contributed by atoms with van der Waals surface area (Å²) in [6.07, 6.45) is 0. The highest BCUT2D eigenvalue weighted by Gasteiger charge is 1.91. The highest BCUT2D eigenvalue weighted by atomic mass is 32.2. The summed E-state index contributed by atoms with van der Waals surface area (Å²) in [7, 11) is 0. The van der Waals surface area contributed by atoms with E-state index in [4.69, 9.17) is 5.73 Å². The quantitative estimate of drug-likeness (QED) is 0.617. The Balaban J connectivity index is 2.86. The van der Waals surface area contributed by atoms with Crippen LogP contribution in [0.1, 0.15) is 6.92 Å². The van der Waals surface area contributed by atoms with Gasteiger partial charge in [-0.3, -0.25) is 0 Å². The van der Waals surface area contributed by atoms with Crippen molar-refractivity contribution in [2.24, 2.45) is 5.73 Å². The van der Waals surface area contributed by atoms with Gasteiger partial charge in [0.25, 0.3) is 0 Å². The Hall–Kier alpha value is -0.0300. The molecule has 0 aromatic heterocycles. The second-order valence-corrected chi connectivity index (χ2v) is 4.72. The van der Waals surface area contributed by atoms with E-state index in [9.17, 15) is 4.79 Å². The van der Waals surface area contributed by atoms with E-state index < -0.39 is 6.03 Å². The van der Waals surface area contributed by atoms with Crippen molar-refractivity contribution in [3.63, 3.8) is 0 Å². The number of carbonyl (C=O) groups is 1. The van der Waals surface area contributed by atoms with Gasteiger partial charge in [0, 0.05) is 23.8 Å². The van der Waals surface area contributed by atoms with Crippen molar-refractivity contribution in [2.45, 2.75) is 6.92 Å². The van der Waals surface area contributed by atoms with Crippen molar-refractivity contribution >= 4 is 29.6 Å². The van der Waals surface area contributed by atoms with Crippen LogP contribution >= 0.6 is 23.5 Å². The van der Waals surface area contributed by atoms with E-state index >= 15 is 0 Å². The van der Waals surface area contributed by atoms with Crippen LogP contribution in [0.25, 0.3) is 0 Å². The van der Waals surface area contributed by atoms with Crippen LogP contribution in [0.2, 0.25) is 0 Å². The fourth-order valence-electron chi connectivity index (χ4n) is 0.611. The van der Waals surface area contributed by atoms with Crippen molar-refractivity contribution in [1.29, 1.82) is 0 Å². The maximum atomic E-state index is 10.2. The van der Waals surface area contributed by atoms with E-state index in [-0.39, 0.29) is 0 Å². The van der Waals surface area contributed by atoms with Crippen LogP contribution in [-0.2, 0) is 0 Å². The van der Waals surface area contributed by atoms with E-state index in [0.29, 0.717) is 6.54 Å². The molecule has 0 aliphatic rings. The molecule has 2 amide bonds. The molecule has 0 saturated carbocycles. The van der Waals surface area contributed by atoms with Crippen LogP contribution in [0.5, 0.6) is 0 Å². The van der Waals surface area contributed by atoms with E-state index in [1.54, 1.807) is 0 Å². The number of carbonyl (C=O) groups excluding carboxylic acids is 1. The zero-order valence-electron chi connectivity index (χ0n) is 7.34. The van der Waals surface area contributed by atoms with Crippen molar-refractivity contribution < 1.29 is 4.79 Å². The van der Waals surface area contributed by atoms with E-state index in [2.05, 4.69) is 12.2 Å². The largest absolute Gasteiger partial charge is 0.352 e. The zero-order valence-corrected chi connectivity index (χ0v) is 8.97. The van der Waals surface area contributed by atoms with Gasteiger partial charge in [-0.25, -0.2) is 4.79 Å². The molecule has 0 aliphatic carbocycles. The van der Waals surface area contributed by atoms with Crippen molar-refractivity contribution in [3.8, 4) is 0 Å². The summed E-state index contributed by atoms with van der Waals surface area (Å²) in [5.41, 5.74) is 4.89. The number of thioether (sulfide) groups is 2. The molecule has 0 unspecified atom stereocenters. The van der Waals surface area contributed by atoms with Crippen LogP contribution in [0.3, 0.4) is 0 Å². The van der Waals surface area contributed by atoms with Gasteiger partial charge in [-0.15, -0.1) is 0 Å². The average Bonchev–Trinajstić information content (AvgIpc) is 2.02. The minimum Gasteiger partial charge on any atom is -0.352 e. The molecule has 5 heteroatoms. The van der Waals surface area contributed by atoms with Gasteiger partial charge >= 0.3 is 6.03 Å². The molecule has 3 nitrogen and oxygen atoms in total. The maximum absolute atomic E-state index is 10.2. The molecule has 0 saturated heterocycles. The first-order valence-electron chi connectivity index (χ1n) is 3.96. The first-order valence-corrected chi connectivity index (χ1v) is 6.27. The second kappa shape index (κ2) is 9.06. The van der Waals surface area contributed by atoms with E-state index in [0.717, 1.165) is 11.5 Å². The fourth-order valence-corrected chi connectivity index (χ4v) is 2.29. The number of rotatable bonds is 7. The summed E-state index contributed by atoms with van der Waals surface area (Å²) in [4.78, 5) is 10.2. The zero-order chi connectivity index (χ0) is 9.23. The molecule has 0 aromatic rings. The number of hydrogen-bond acceptors (Lipinski definition) is 3. The molecule has 0 radical (unpaired) electrons. The lowest BCUT2D eigenvalue weighted by molar-refractivity contribution is 0.249. The lowest BCUT2D eigenvalue weighted by Gasteiger charge is -2.01. The second-order valence-electron chi connectivity index (χ2n) is 2.10. The lowest BCUT2D eigenvalue weighted by Crippen LogP contribution is -2.31. The average molecular weight is 208 g/mol. The van der Waals surface area contributed by atoms with Gasteiger partial charge in [0.2, 0.25) is 0 Å². The smallest absolute Gasteiger partial charge is 0.312 e. The summed E-state index contributed by atoms with van der Waals surface area (Å²) < 4.78 is 0. The molecule has 0 fully saturated rings. The van der Waals surface area contributed by atoms with Crippen molar-refractivity contribution in [3.05, 3.63) is 0 Å². The van der Waals surface area contributed by atoms with Crippen molar-refractivity contribution in [2.75, 3.05) is 29.6 Å². The Morgan fingerprint density at radius 1 is 1.33 bits per heavy atom. The first-order chi connectivity index (χ1) is 5.77. The van der Waals surface area contributed by atoms with Gasteiger partial charge in [0.05, 0.1) is 0 Å². The molecule has 0 spiro atoms. The van der Waals surface area contributed by atoms with Gasteiger partial charge in [0.1, 0.15) is 0 Å². The normalized spacial score (nSPS) is 9.75. The summed E-state index contributed by atoms with van der Waals surface area (Å²) in [6.45, 7) is 2.83. The molecule has 72 valence electrons. The van der Waals surface area contributed by atoms with Gasteiger partial charge in [0.15, 0.2) is 0 Å². The van der Waals surface area contributed by atoms with Crippen LogP contribution in [0.15, 0.2) is 0 Å². The van der Waals surface area contributed by atoms with Crippen LogP contribution < -0.4 is 11.1 Å². The molecule has 0 bridgehead atoms. The third-order valence-corrected chi connectivity index (χ3v) is 3.27. The van der Waals surface area contributed by atoms with Crippen molar-refractivity contribution in [1.82, 2.24) is 5.32 Å². The SMILES string of the molecule is CCSCCSCCNC(N)=O. The fraction of sp³-hybridized carbons (Fsp3) is 0.857. The standard InChI is InChI=1S/C7H16N2OS2/c1-2-11-5-6-12-4-3-9-7(8)10/h2-6H2,1H3,(H3,8,9,10). The van der Waals surface area contributed by atoms with Gasteiger partial charge < -0.3 is 11.1 Å². The Labute approximate surface area is 82.2 Å². The molecule has 0 atom stereocenters. The topological polar surface area (TPSA) is 55.1 Å². The third kappa shape index (κ3) is 9.97. The van der Waals surface area contributed by atoms with Crippen LogP contribution in [-0.4, -0.2) is 35.6 Å². The molecule has 0 rings (SSSR count). The molecule has 3 N–H and O–H groups in total. The number of hydrogen-bond donors (Lipinski definition) is 2.